The molecule has 29 heavy (non-hydrogen) atoms. The first-order valence-corrected chi connectivity index (χ1v) is 10.0. The number of aliphatic hydroxyl groups is 2. The van der Waals surface area contributed by atoms with E-state index in [0.29, 0.717) is 5.56 Å². The Labute approximate surface area is 171 Å². The molecule has 0 bridgehead atoms. The fourth-order valence-electron chi connectivity index (χ4n) is 3.11. The number of nitrogens with two attached hydrogens (primary N) is 1. The first-order valence-electron chi connectivity index (χ1n) is 10.0. The summed E-state index contributed by atoms with van der Waals surface area (Å²) in [6, 6.07) is 19.0. The van der Waals surface area contributed by atoms with E-state index in [1.54, 1.807) is 0 Å². The molecule has 0 spiro atoms. The third-order valence-corrected chi connectivity index (χ3v) is 5.03. The molecule has 0 saturated carbocycles. The van der Waals surface area contributed by atoms with E-state index in [9.17, 15) is 10.2 Å². The lowest BCUT2D eigenvalue weighted by molar-refractivity contribution is 0.121. The van der Waals surface area contributed by atoms with E-state index in [-0.39, 0.29) is 13.2 Å². The van der Waals surface area contributed by atoms with Gasteiger partial charge in [0.2, 0.25) is 0 Å². The fraction of sp³-hybridized carbons (Fsp3) is 0.333. The van der Waals surface area contributed by atoms with E-state index >= 15 is 0 Å². The highest BCUT2D eigenvalue weighted by Gasteiger charge is 2.25. The zero-order chi connectivity index (χ0) is 20.7. The summed E-state index contributed by atoms with van der Waals surface area (Å²) < 4.78 is 11.7. The molecule has 0 aliphatic heterocycles. The third-order valence-electron chi connectivity index (χ3n) is 5.03. The van der Waals surface area contributed by atoms with Gasteiger partial charge in [-0.2, -0.15) is 0 Å². The Balaban J connectivity index is 1.69. The van der Waals surface area contributed by atoms with Crippen LogP contribution in [0.2, 0.25) is 0 Å². The minimum Gasteiger partial charge on any atom is -0.494 e. The quantitative estimate of drug-likeness (QED) is 0.445. The van der Waals surface area contributed by atoms with Crippen LogP contribution in [0.4, 0.5) is 0 Å². The topological polar surface area (TPSA) is 84.9 Å². The van der Waals surface area contributed by atoms with Crippen molar-refractivity contribution in [1.29, 1.82) is 0 Å². The number of ether oxygens (including phenoxy) is 2. The van der Waals surface area contributed by atoms with Gasteiger partial charge in [0.25, 0.3) is 0 Å². The Bertz CT molecular complexity index is 920. The van der Waals surface area contributed by atoms with Gasteiger partial charge in [-0.05, 0) is 65.2 Å². The fourth-order valence-corrected chi connectivity index (χ4v) is 3.11. The predicted octanol–water partition coefficient (Wildman–Crippen LogP) is 4.34. The summed E-state index contributed by atoms with van der Waals surface area (Å²) in [4.78, 5) is 0. The number of aliphatic hydroxyl groups excluding tert-OH is 2. The van der Waals surface area contributed by atoms with Crippen molar-refractivity contribution < 1.29 is 19.7 Å². The summed E-state index contributed by atoms with van der Waals surface area (Å²) >= 11 is 0. The molecule has 5 nitrogen and oxygen atoms in total. The summed E-state index contributed by atoms with van der Waals surface area (Å²) in [7, 11) is 0. The lowest BCUT2D eigenvalue weighted by Gasteiger charge is -2.25. The Morgan fingerprint density at radius 2 is 1.41 bits per heavy atom. The van der Waals surface area contributed by atoms with Gasteiger partial charge >= 0.3 is 0 Å². The largest absolute Gasteiger partial charge is 0.494 e. The maximum absolute atomic E-state index is 9.50. The molecule has 0 aromatic heterocycles. The molecule has 3 rings (SSSR count). The normalized spacial score (nSPS) is 11.6. The predicted molar refractivity (Wildman–Crippen MR) is 116 cm³/mol. The minimum atomic E-state index is -1.15. The molecule has 0 heterocycles. The summed E-state index contributed by atoms with van der Waals surface area (Å²) in [6.45, 7) is 2.26. The van der Waals surface area contributed by atoms with Crippen LogP contribution >= 0.6 is 0 Å². The summed E-state index contributed by atoms with van der Waals surface area (Å²) in [5, 5.41) is 20.9. The molecule has 4 N–H and O–H groups in total. The van der Waals surface area contributed by atoms with Crippen molar-refractivity contribution in [2.24, 2.45) is 5.73 Å². The van der Waals surface area contributed by atoms with Crippen LogP contribution < -0.4 is 15.2 Å². The van der Waals surface area contributed by atoms with Crippen molar-refractivity contribution in [2.45, 2.75) is 31.7 Å². The molecule has 154 valence electrons. The van der Waals surface area contributed by atoms with Gasteiger partial charge in [-0.3, -0.25) is 0 Å². The van der Waals surface area contributed by atoms with Crippen molar-refractivity contribution in [3.63, 3.8) is 0 Å². The molecule has 0 aliphatic rings. The molecular formula is C24H29NO4. The molecule has 5 heteroatoms. The van der Waals surface area contributed by atoms with E-state index < -0.39 is 5.54 Å². The second-order valence-electron chi connectivity index (χ2n) is 7.33. The average Bonchev–Trinajstić information content (AvgIpc) is 2.77. The molecule has 0 aliphatic carbocycles. The van der Waals surface area contributed by atoms with E-state index in [4.69, 9.17) is 15.2 Å². The summed E-state index contributed by atoms with van der Waals surface area (Å²) in [6.07, 6.45) is 3.42. The molecule has 3 aromatic carbocycles. The van der Waals surface area contributed by atoms with Gasteiger partial charge in [0, 0.05) is 0 Å². The van der Waals surface area contributed by atoms with Crippen LogP contribution in [0.3, 0.4) is 0 Å². The Morgan fingerprint density at radius 1 is 0.793 bits per heavy atom. The lowest BCUT2D eigenvalue weighted by Crippen LogP contribution is -2.44. The van der Waals surface area contributed by atoms with Gasteiger partial charge in [0.05, 0.1) is 25.4 Å². The zero-order valence-electron chi connectivity index (χ0n) is 16.8. The molecule has 0 radical (unpaired) electrons. The van der Waals surface area contributed by atoms with E-state index in [2.05, 4.69) is 6.92 Å². The number of rotatable bonds is 10. The van der Waals surface area contributed by atoms with Crippen LogP contribution in [0.5, 0.6) is 17.2 Å². The summed E-state index contributed by atoms with van der Waals surface area (Å²) in [5.74, 6) is 2.31. The minimum absolute atomic E-state index is 0.325. The number of hydrogen-bond donors (Lipinski definition) is 3. The van der Waals surface area contributed by atoms with Gasteiger partial charge in [-0.15, -0.1) is 0 Å². The maximum Gasteiger partial charge on any atom is 0.128 e. The Hall–Kier alpha value is -2.60. The van der Waals surface area contributed by atoms with Crippen molar-refractivity contribution >= 4 is 10.8 Å². The molecule has 3 aromatic rings. The second-order valence-corrected chi connectivity index (χ2v) is 7.33. The zero-order valence-corrected chi connectivity index (χ0v) is 16.8. The second kappa shape index (κ2) is 9.74. The highest BCUT2D eigenvalue weighted by Crippen LogP contribution is 2.29. The van der Waals surface area contributed by atoms with Crippen LogP contribution in [-0.2, 0) is 5.54 Å². The van der Waals surface area contributed by atoms with Gasteiger partial charge in [0.15, 0.2) is 0 Å². The first-order chi connectivity index (χ1) is 14.1. The molecule has 0 saturated heterocycles. The van der Waals surface area contributed by atoms with Gasteiger partial charge in [-0.1, -0.05) is 38.0 Å². The lowest BCUT2D eigenvalue weighted by atomic mass is 9.91. The maximum atomic E-state index is 9.50. The van der Waals surface area contributed by atoms with E-state index in [1.165, 1.54) is 12.8 Å². The van der Waals surface area contributed by atoms with Gasteiger partial charge < -0.3 is 25.4 Å². The monoisotopic (exact) mass is 395 g/mol. The third kappa shape index (κ3) is 5.26. The molecule has 0 amide bonds. The van der Waals surface area contributed by atoms with Crippen LogP contribution in [0.15, 0.2) is 60.7 Å². The number of fused-ring (bicyclic) bond motifs is 1. The van der Waals surface area contributed by atoms with Crippen LogP contribution in [0, 0.1) is 0 Å². The number of unbranched alkanes of at least 4 members (excludes halogenated alkanes) is 2. The molecular weight excluding hydrogens is 366 g/mol. The van der Waals surface area contributed by atoms with Crippen molar-refractivity contribution in [2.75, 3.05) is 19.8 Å². The Kier molecular flexibility index (Phi) is 7.09. The highest BCUT2D eigenvalue weighted by atomic mass is 16.5. The van der Waals surface area contributed by atoms with Gasteiger partial charge in [-0.25, -0.2) is 0 Å². The van der Waals surface area contributed by atoms with Crippen LogP contribution in [0.25, 0.3) is 10.8 Å². The molecule has 0 unspecified atom stereocenters. The average molecular weight is 395 g/mol. The Morgan fingerprint density at radius 3 is 2.10 bits per heavy atom. The van der Waals surface area contributed by atoms with E-state index in [0.717, 1.165) is 41.0 Å². The SMILES string of the molecule is CCCCCOc1ccc(Oc2ccc3cc(C(N)(CO)CO)ccc3c2)cc1. The van der Waals surface area contributed by atoms with Crippen molar-refractivity contribution in [3.8, 4) is 17.2 Å². The highest BCUT2D eigenvalue weighted by molar-refractivity contribution is 5.84. The summed E-state index contributed by atoms with van der Waals surface area (Å²) in [5.41, 5.74) is 5.61. The number of hydrogen-bond acceptors (Lipinski definition) is 5. The smallest absolute Gasteiger partial charge is 0.128 e. The molecule has 0 atom stereocenters. The van der Waals surface area contributed by atoms with Crippen molar-refractivity contribution in [3.05, 3.63) is 66.2 Å². The van der Waals surface area contributed by atoms with Crippen LogP contribution in [-0.4, -0.2) is 30.0 Å². The van der Waals surface area contributed by atoms with Gasteiger partial charge in [0.1, 0.15) is 17.2 Å². The van der Waals surface area contributed by atoms with Crippen LogP contribution in [0.1, 0.15) is 31.7 Å². The standard InChI is InChI=1S/C24H29NO4/c1-2-3-4-13-28-21-9-11-22(12-10-21)29-23-8-6-18-14-20(7-5-19(18)15-23)24(25,16-26)17-27/h5-12,14-15,26-27H,2-4,13,16-17,25H2,1H3. The molecule has 0 fully saturated rings. The first kappa shape index (κ1) is 21.1. The van der Waals surface area contributed by atoms with Crippen molar-refractivity contribution in [1.82, 2.24) is 0 Å². The van der Waals surface area contributed by atoms with E-state index in [1.807, 2.05) is 60.7 Å². The number of benzene rings is 3.